The van der Waals surface area contributed by atoms with E-state index in [0.29, 0.717) is 12.6 Å². The largest absolute Gasteiger partial charge is 0.355 e. The zero-order valence-electron chi connectivity index (χ0n) is 12.2. The Kier molecular flexibility index (Phi) is 5.16. The molecule has 2 N–H and O–H groups in total. The van der Waals surface area contributed by atoms with Gasteiger partial charge in [0.15, 0.2) is 0 Å². The lowest BCUT2D eigenvalue weighted by Crippen LogP contribution is -2.37. The zero-order valence-corrected chi connectivity index (χ0v) is 12.2. The number of nitrogens with zero attached hydrogens (tertiary/aromatic N) is 3. The Balaban J connectivity index is 1.96. The summed E-state index contributed by atoms with van der Waals surface area (Å²) in [6.45, 7) is 9.66. The Labute approximate surface area is 116 Å². The van der Waals surface area contributed by atoms with Gasteiger partial charge in [-0.25, -0.2) is 4.98 Å². The number of pyridine rings is 1. The van der Waals surface area contributed by atoms with Crippen molar-refractivity contribution in [1.29, 1.82) is 0 Å². The molecular formula is C15H26N4. The summed E-state index contributed by atoms with van der Waals surface area (Å²) >= 11 is 0. The fraction of sp³-hybridized carbons (Fsp3) is 0.667. The van der Waals surface area contributed by atoms with Gasteiger partial charge in [0.2, 0.25) is 0 Å². The van der Waals surface area contributed by atoms with E-state index in [-0.39, 0.29) is 0 Å². The van der Waals surface area contributed by atoms with Gasteiger partial charge >= 0.3 is 0 Å². The fourth-order valence-corrected chi connectivity index (χ4v) is 2.91. The molecule has 1 atom stereocenters. The number of anilines is 1. The van der Waals surface area contributed by atoms with Crippen molar-refractivity contribution in [2.45, 2.75) is 32.7 Å². The van der Waals surface area contributed by atoms with Crippen LogP contribution in [0.4, 0.5) is 5.82 Å². The lowest BCUT2D eigenvalue weighted by molar-refractivity contribution is 0.232. The molecule has 4 heteroatoms. The quantitative estimate of drug-likeness (QED) is 0.844. The first-order valence-electron chi connectivity index (χ1n) is 7.42. The van der Waals surface area contributed by atoms with Gasteiger partial charge in [-0.2, -0.15) is 0 Å². The van der Waals surface area contributed by atoms with Gasteiger partial charge < -0.3 is 10.6 Å². The summed E-state index contributed by atoms with van der Waals surface area (Å²) in [6.07, 6.45) is 4.12. The van der Waals surface area contributed by atoms with Gasteiger partial charge in [-0.15, -0.1) is 0 Å². The first-order valence-corrected chi connectivity index (χ1v) is 7.42. The number of hydrogen-bond donors (Lipinski definition) is 1. The Morgan fingerprint density at radius 1 is 1.37 bits per heavy atom. The highest BCUT2D eigenvalue weighted by Gasteiger charge is 2.26. The molecule has 0 aliphatic carbocycles. The maximum absolute atomic E-state index is 5.56. The summed E-state index contributed by atoms with van der Waals surface area (Å²) < 4.78 is 0. The second kappa shape index (κ2) is 6.87. The third kappa shape index (κ3) is 3.45. The molecule has 4 nitrogen and oxygen atoms in total. The second-order valence-corrected chi connectivity index (χ2v) is 5.17. The van der Waals surface area contributed by atoms with Crippen LogP contribution in [0, 0.1) is 0 Å². The van der Waals surface area contributed by atoms with Crippen molar-refractivity contribution in [3.63, 3.8) is 0 Å². The van der Waals surface area contributed by atoms with Crippen LogP contribution in [0.5, 0.6) is 0 Å². The summed E-state index contributed by atoms with van der Waals surface area (Å²) in [5, 5.41) is 0. The van der Waals surface area contributed by atoms with Crippen LogP contribution in [0.15, 0.2) is 18.3 Å². The van der Waals surface area contributed by atoms with E-state index in [1.807, 2.05) is 6.20 Å². The Hall–Kier alpha value is -1.13. The molecule has 1 aromatic heterocycles. The van der Waals surface area contributed by atoms with Crippen LogP contribution < -0.4 is 10.6 Å². The lowest BCUT2D eigenvalue weighted by Gasteiger charge is -2.26. The van der Waals surface area contributed by atoms with Gasteiger partial charge in [0, 0.05) is 25.3 Å². The predicted molar refractivity (Wildman–Crippen MR) is 80.5 cm³/mol. The van der Waals surface area contributed by atoms with E-state index in [1.54, 1.807) is 0 Å². The second-order valence-electron chi connectivity index (χ2n) is 5.17. The first kappa shape index (κ1) is 14.3. The molecule has 1 unspecified atom stereocenters. The van der Waals surface area contributed by atoms with Crippen LogP contribution in [-0.4, -0.2) is 48.6 Å². The Morgan fingerprint density at radius 3 is 2.74 bits per heavy atom. The van der Waals surface area contributed by atoms with E-state index in [2.05, 4.69) is 40.8 Å². The fourth-order valence-electron chi connectivity index (χ4n) is 2.91. The van der Waals surface area contributed by atoms with Gasteiger partial charge in [0.05, 0.1) is 0 Å². The number of aromatic nitrogens is 1. The molecule has 1 aromatic rings. The van der Waals surface area contributed by atoms with Gasteiger partial charge in [0.1, 0.15) is 5.82 Å². The minimum Gasteiger partial charge on any atom is -0.355 e. The lowest BCUT2D eigenvalue weighted by atomic mass is 10.2. The molecule has 0 bridgehead atoms. The van der Waals surface area contributed by atoms with E-state index in [1.165, 1.54) is 12.0 Å². The minimum atomic E-state index is 0.681. The molecule has 0 radical (unpaired) electrons. The molecule has 1 aliphatic heterocycles. The monoisotopic (exact) mass is 262 g/mol. The highest BCUT2D eigenvalue weighted by Crippen LogP contribution is 2.21. The third-order valence-electron chi connectivity index (χ3n) is 4.06. The Morgan fingerprint density at radius 2 is 2.16 bits per heavy atom. The van der Waals surface area contributed by atoms with E-state index in [9.17, 15) is 0 Å². The van der Waals surface area contributed by atoms with Crippen molar-refractivity contribution in [2.75, 3.05) is 37.6 Å². The summed E-state index contributed by atoms with van der Waals surface area (Å²) in [6, 6.07) is 4.97. The number of likely N-dealkylation sites (N-methyl/N-ethyl adjacent to an activating group) is 1. The molecule has 2 heterocycles. The molecule has 2 rings (SSSR count). The number of nitrogens with two attached hydrogens (primary N) is 1. The minimum absolute atomic E-state index is 0.681. The molecule has 19 heavy (non-hydrogen) atoms. The number of rotatable bonds is 6. The van der Waals surface area contributed by atoms with Crippen LogP contribution in [0.25, 0.3) is 0 Å². The predicted octanol–water partition coefficient (Wildman–Crippen LogP) is 1.50. The molecule has 1 aliphatic rings. The van der Waals surface area contributed by atoms with Crippen LogP contribution in [0.3, 0.4) is 0 Å². The van der Waals surface area contributed by atoms with Crippen LogP contribution >= 0.6 is 0 Å². The van der Waals surface area contributed by atoms with Crippen molar-refractivity contribution in [2.24, 2.45) is 5.73 Å². The third-order valence-corrected chi connectivity index (χ3v) is 4.06. The van der Waals surface area contributed by atoms with E-state index in [4.69, 9.17) is 5.73 Å². The molecular weight excluding hydrogens is 236 g/mol. The van der Waals surface area contributed by atoms with Crippen molar-refractivity contribution in [3.05, 3.63) is 23.9 Å². The van der Waals surface area contributed by atoms with Crippen LogP contribution in [0.2, 0.25) is 0 Å². The number of hydrogen-bond acceptors (Lipinski definition) is 4. The Bertz CT molecular complexity index is 372. The molecule has 1 saturated heterocycles. The van der Waals surface area contributed by atoms with Gasteiger partial charge in [0.25, 0.3) is 0 Å². The van der Waals surface area contributed by atoms with Crippen molar-refractivity contribution < 1.29 is 0 Å². The van der Waals surface area contributed by atoms with Crippen molar-refractivity contribution in [1.82, 2.24) is 9.88 Å². The van der Waals surface area contributed by atoms with E-state index < -0.39 is 0 Å². The zero-order chi connectivity index (χ0) is 13.7. The van der Waals surface area contributed by atoms with Crippen molar-refractivity contribution >= 4 is 5.82 Å². The van der Waals surface area contributed by atoms with Gasteiger partial charge in [-0.1, -0.05) is 19.9 Å². The average molecular weight is 262 g/mol. The summed E-state index contributed by atoms with van der Waals surface area (Å²) in [5.41, 5.74) is 6.79. The van der Waals surface area contributed by atoms with E-state index >= 15 is 0 Å². The first-order chi connectivity index (χ1) is 9.28. The smallest absolute Gasteiger partial charge is 0.128 e. The summed E-state index contributed by atoms with van der Waals surface area (Å²) in [7, 11) is 0. The van der Waals surface area contributed by atoms with Crippen LogP contribution in [-0.2, 0) is 6.42 Å². The highest BCUT2D eigenvalue weighted by atomic mass is 15.3. The topological polar surface area (TPSA) is 45.4 Å². The normalized spacial score (nSPS) is 19.4. The maximum atomic E-state index is 5.56. The van der Waals surface area contributed by atoms with Gasteiger partial charge in [-0.05, 0) is 44.1 Å². The average Bonchev–Trinajstić information content (AvgIpc) is 2.91. The summed E-state index contributed by atoms with van der Waals surface area (Å²) in [5.74, 6) is 1.11. The van der Waals surface area contributed by atoms with Crippen molar-refractivity contribution in [3.8, 4) is 0 Å². The molecule has 0 aromatic carbocycles. The molecule has 0 saturated carbocycles. The molecule has 106 valence electrons. The van der Waals surface area contributed by atoms with E-state index in [0.717, 1.165) is 38.4 Å². The maximum Gasteiger partial charge on any atom is 0.128 e. The standard InChI is InChI=1S/C15H26N4/c1-3-18(4-2)14-8-10-19(12-14)15-6-5-13(7-9-16)11-17-15/h5-6,11,14H,3-4,7-10,12,16H2,1-2H3. The van der Waals surface area contributed by atoms with Crippen LogP contribution in [0.1, 0.15) is 25.8 Å². The highest BCUT2D eigenvalue weighted by molar-refractivity contribution is 5.41. The molecule has 1 fully saturated rings. The summed E-state index contributed by atoms with van der Waals surface area (Å²) in [4.78, 5) is 9.52. The molecule has 0 spiro atoms. The molecule has 0 amide bonds. The SMILES string of the molecule is CCN(CC)C1CCN(c2ccc(CCN)cn2)C1. The van der Waals surface area contributed by atoms with Gasteiger partial charge in [-0.3, -0.25) is 4.90 Å².